The molecule has 5 rings (SSSR count). The number of hydrogen-bond donors (Lipinski definition) is 2. The second-order valence-corrected chi connectivity index (χ2v) is 8.36. The highest BCUT2D eigenvalue weighted by molar-refractivity contribution is 8.78. The lowest BCUT2D eigenvalue weighted by Crippen LogP contribution is -2.77. The average molecular weight is 339 g/mol. The predicted octanol–water partition coefficient (Wildman–Crippen LogP) is -0.304. The van der Waals surface area contributed by atoms with Gasteiger partial charge in [-0.2, -0.15) is 0 Å². The summed E-state index contributed by atoms with van der Waals surface area (Å²) in [5.74, 6) is -0.471. The summed E-state index contributed by atoms with van der Waals surface area (Å²) in [7, 11) is 4.14. The zero-order valence-corrected chi connectivity index (χ0v) is 12.9. The Morgan fingerprint density at radius 2 is 2.14 bits per heavy atom. The molecule has 1 aliphatic carbocycles. The van der Waals surface area contributed by atoms with Crippen LogP contribution in [0, 0.1) is 0 Å². The summed E-state index contributed by atoms with van der Waals surface area (Å²) in [4.78, 5) is 26.4. The first-order valence-corrected chi connectivity index (χ1v) is 8.78. The highest BCUT2D eigenvalue weighted by Crippen LogP contribution is 2.64. The molecule has 5 aliphatic rings. The van der Waals surface area contributed by atoms with E-state index >= 15 is 0 Å². The van der Waals surface area contributed by atoms with Gasteiger partial charge in [-0.3, -0.25) is 9.59 Å². The first kappa shape index (κ1) is 13.7. The fraction of sp³-hybridized carbons (Fsp3) is 0.538. The van der Waals surface area contributed by atoms with Gasteiger partial charge in [0.15, 0.2) is 4.87 Å². The first-order chi connectivity index (χ1) is 9.98. The van der Waals surface area contributed by atoms with Gasteiger partial charge in [0.1, 0.15) is 0 Å². The molecular formula is C13H14N2O4S2. The maximum atomic E-state index is 12.9. The van der Waals surface area contributed by atoms with Gasteiger partial charge in [0.05, 0.1) is 18.8 Å². The lowest BCUT2D eigenvalue weighted by atomic mass is 10.9. The van der Waals surface area contributed by atoms with E-state index in [2.05, 4.69) is 0 Å². The smallest absolute Gasteiger partial charge is 0.264 e. The van der Waals surface area contributed by atoms with Crippen molar-refractivity contribution in [2.75, 3.05) is 13.7 Å². The molecule has 4 fully saturated rings. The van der Waals surface area contributed by atoms with Crippen LogP contribution in [0.15, 0.2) is 23.8 Å². The van der Waals surface area contributed by atoms with Crippen LogP contribution in [0.3, 0.4) is 0 Å². The third-order valence-electron chi connectivity index (χ3n) is 4.70. The van der Waals surface area contributed by atoms with Crippen LogP contribution in [0.4, 0.5) is 0 Å². The van der Waals surface area contributed by atoms with Gasteiger partial charge in [-0.05, 0) is 16.4 Å². The summed E-state index contributed by atoms with van der Waals surface area (Å²) in [6.07, 6.45) is 4.87. The van der Waals surface area contributed by atoms with Crippen LogP contribution >= 0.6 is 21.6 Å². The van der Waals surface area contributed by atoms with Gasteiger partial charge in [0.2, 0.25) is 4.87 Å². The van der Waals surface area contributed by atoms with E-state index in [1.54, 1.807) is 19.2 Å². The molecule has 4 aliphatic heterocycles. The Morgan fingerprint density at radius 3 is 2.86 bits per heavy atom. The summed E-state index contributed by atoms with van der Waals surface area (Å²) in [6, 6.07) is -0.500. The van der Waals surface area contributed by atoms with Gasteiger partial charge >= 0.3 is 0 Å². The second kappa shape index (κ2) is 4.07. The molecule has 8 heteroatoms. The summed E-state index contributed by atoms with van der Waals surface area (Å²) >= 11 is 0. The summed E-state index contributed by atoms with van der Waals surface area (Å²) in [5.41, 5.74) is 0.892. The molecule has 2 bridgehead atoms. The Labute approximate surface area is 129 Å². The number of carbonyl (C=O) groups excluding carboxylic acids is 2. The van der Waals surface area contributed by atoms with Crippen molar-refractivity contribution in [1.82, 2.24) is 9.80 Å². The highest BCUT2D eigenvalue weighted by atomic mass is 33.1. The number of fused-ring (bicyclic) bond motifs is 3. The molecule has 0 aromatic rings. The largest absolute Gasteiger partial charge is 0.392 e. The Kier molecular flexibility index (Phi) is 2.65. The van der Waals surface area contributed by atoms with E-state index in [0.717, 1.165) is 5.57 Å². The molecule has 2 amide bonds. The van der Waals surface area contributed by atoms with Crippen molar-refractivity contribution in [3.8, 4) is 0 Å². The molecule has 0 aromatic heterocycles. The van der Waals surface area contributed by atoms with Gasteiger partial charge in [-0.1, -0.05) is 29.0 Å². The van der Waals surface area contributed by atoms with E-state index < -0.39 is 28.5 Å². The Morgan fingerprint density at radius 1 is 1.38 bits per heavy atom. The maximum Gasteiger partial charge on any atom is 0.264 e. The van der Waals surface area contributed by atoms with Crippen LogP contribution in [0.2, 0.25) is 0 Å². The molecule has 112 valence electrons. The van der Waals surface area contributed by atoms with E-state index in [4.69, 9.17) is 0 Å². The zero-order chi connectivity index (χ0) is 15.0. The minimum absolute atomic E-state index is 0.178. The number of aliphatic hydroxyl groups is 2. The zero-order valence-electron chi connectivity index (χ0n) is 11.2. The topological polar surface area (TPSA) is 81.1 Å². The molecule has 6 nitrogen and oxygen atoms in total. The lowest BCUT2D eigenvalue weighted by Gasteiger charge is -2.58. The summed E-state index contributed by atoms with van der Waals surface area (Å²) < 4.78 is 0. The van der Waals surface area contributed by atoms with Crippen molar-refractivity contribution in [3.05, 3.63) is 23.8 Å². The Bertz CT molecular complexity index is 621. The Hall–Kier alpha value is -0.960. The van der Waals surface area contributed by atoms with E-state index in [1.807, 2.05) is 6.08 Å². The molecule has 1 spiro atoms. The minimum atomic E-state index is -1.28. The summed E-state index contributed by atoms with van der Waals surface area (Å²) in [6.45, 7) is -0.435. The fourth-order valence-corrected chi connectivity index (χ4v) is 7.12. The number of likely N-dealkylation sites (N-methyl/N-ethyl adjacent to an activating group) is 1. The standard InChI is InChI=1S/C13H14N2O4S2/c1-14-10(18)12-5-7-3-2-4-8(17)9(7)15(12)11(19)13(14,6-16)21-20-12/h2-4,8-9,16-17H,5-6H2,1H3/t8-,9-,12+,13+/m0/s1/i1+1,2+1,3+1,4+1,5+1,6+1,7+1,8+1,9+1,10+1,11+1,12+1,13+1. The minimum Gasteiger partial charge on any atom is -0.392 e. The number of carbonyl (C=O) groups is 2. The van der Waals surface area contributed by atoms with Crippen LogP contribution in [0.25, 0.3) is 0 Å². The number of piperazine rings is 1. The highest BCUT2D eigenvalue weighted by Gasteiger charge is 2.73. The van der Waals surface area contributed by atoms with Gasteiger partial charge in [-0.25, -0.2) is 0 Å². The number of nitrogens with zero attached hydrogens (tertiary/aromatic N) is 2. The van der Waals surface area contributed by atoms with E-state index in [-0.39, 0.29) is 11.8 Å². The van der Waals surface area contributed by atoms with Gasteiger partial charge in [0, 0.05) is 13.5 Å². The predicted molar refractivity (Wildman–Crippen MR) is 79.0 cm³/mol. The van der Waals surface area contributed by atoms with Crippen LogP contribution in [-0.4, -0.2) is 67.4 Å². The van der Waals surface area contributed by atoms with Gasteiger partial charge in [0.25, 0.3) is 11.8 Å². The molecule has 0 aromatic carbocycles. The molecule has 21 heavy (non-hydrogen) atoms. The van der Waals surface area contributed by atoms with Crippen LogP contribution in [0.1, 0.15) is 6.42 Å². The molecule has 0 unspecified atom stereocenters. The quantitative estimate of drug-likeness (QED) is 0.504. The third kappa shape index (κ3) is 1.35. The first-order valence-electron chi connectivity index (χ1n) is 6.63. The number of hydrogen-bond acceptors (Lipinski definition) is 6. The fourth-order valence-electron chi connectivity index (χ4n) is 3.55. The SMILES string of the molecule is [13CH3]N1[13C](=O)[13C@]23[13CH2][13C]4=[13CH][13CH]=[13CH][13C@H](O)[13C@H]4N2[13C](=O)[13C@@]1([13CH2]O)SS3. The molecule has 4 heterocycles. The van der Waals surface area contributed by atoms with Crippen LogP contribution in [0.5, 0.6) is 0 Å². The van der Waals surface area contributed by atoms with Crippen molar-refractivity contribution >= 4 is 33.4 Å². The van der Waals surface area contributed by atoms with Gasteiger partial charge < -0.3 is 20.0 Å². The number of amides is 2. The van der Waals surface area contributed by atoms with E-state index in [1.165, 1.54) is 31.4 Å². The van der Waals surface area contributed by atoms with Crippen LogP contribution < -0.4 is 0 Å². The normalized spacial score (nSPS) is 44.0. The second-order valence-electron chi connectivity index (χ2n) is 5.67. The summed E-state index contributed by atoms with van der Waals surface area (Å²) in [5, 5.41) is 20.0. The molecule has 2 N–H and O–H groups in total. The monoisotopic (exact) mass is 339 g/mol. The maximum absolute atomic E-state index is 12.9. The van der Waals surface area contributed by atoms with E-state index in [0.29, 0.717) is 6.42 Å². The van der Waals surface area contributed by atoms with Crippen molar-refractivity contribution in [2.45, 2.75) is 28.3 Å². The number of aliphatic hydroxyl groups excluding tert-OH is 2. The number of rotatable bonds is 1. The third-order valence-corrected chi connectivity index (χ3v) is 8.33. The molecule has 4 saturated heterocycles. The van der Waals surface area contributed by atoms with Crippen molar-refractivity contribution in [3.63, 3.8) is 0 Å². The molecule has 0 radical (unpaired) electrons. The van der Waals surface area contributed by atoms with Crippen molar-refractivity contribution in [2.24, 2.45) is 0 Å². The molecule has 0 saturated carbocycles. The lowest BCUT2D eigenvalue weighted by molar-refractivity contribution is -0.168. The number of allylic oxidation sites excluding steroid dienone is 2. The Balaban J connectivity index is 1.90. The van der Waals surface area contributed by atoms with Crippen molar-refractivity contribution < 1.29 is 19.8 Å². The van der Waals surface area contributed by atoms with Crippen LogP contribution in [-0.2, 0) is 9.59 Å². The molecular weight excluding hydrogens is 325 g/mol. The van der Waals surface area contributed by atoms with Gasteiger partial charge in [-0.15, -0.1) is 0 Å². The van der Waals surface area contributed by atoms with Crippen molar-refractivity contribution in [1.29, 1.82) is 0 Å². The van der Waals surface area contributed by atoms with E-state index in [9.17, 15) is 19.8 Å². The average Bonchev–Trinajstić information content (AvgIpc) is 2.83. The molecule has 4 atom stereocenters.